The van der Waals surface area contributed by atoms with E-state index in [0.717, 1.165) is 5.69 Å². The molecule has 0 bridgehead atoms. The van der Waals surface area contributed by atoms with Crippen molar-refractivity contribution >= 4 is 12.0 Å². The Morgan fingerprint density at radius 2 is 2.50 bits per heavy atom. The van der Waals surface area contributed by atoms with E-state index in [2.05, 4.69) is 15.5 Å². The van der Waals surface area contributed by atoms with Crippen molar-refractivity contribution in [3.63, 3.8) is 0 Å². The van der Waals surface area contributed by atoms with Gasteiger partial charge in [0.25, 0.3) is 0 Å². The third kappa shape index (κ3) is 1.51. The molecule has 14 heavy (non-hydrogen) atoms. The molecule has 4 heteroatoms. The Balaban J connectivity index is 2.23. The second-order valence-electron chi connectivity index (χ2n) is 3.23. The molecule has 1 aliphatic heterocycles. The average molecular weight is 189 g/mol. The summed E-state index contributed by atoms with van der Waals surface area (Å²) >= 11 is 0. The van der Waals surface area contributed by atoms with Gasteiger partial charge in [-0.1, -0.05) is 0 Å². The molecule has 1 aromatic heterocycles. The summed E-state index contributed by atoms with van der Waals surface area (Å²) in [6.45, 7) is 1.84. The minimum absolute atomic E-state index is 0.0631. The van der Waals surface area contributed by atoms with Crippen LogP contribution in [0.1, 0.15) is 22.5 Å². The van der Waals surface area contributed by atoms with Crippen molar-refractivity contribution in [2.75, 3.05) is 0 Å². The molecule has 1 aliphatic rings. The lowest BCUT2D eigenvalue weighted by Crippen LogP contribution is -2.30. The predicted molar refractivity (Wildman–Crippen MR) is 53.3 cm³/mol. The summed E-state index contributed by atoms with van der Waals surface area (Å²) in [6.07, 6.45) is 4.06. The number of ketones is 1. The van der Waals surface area contributed by atoms with E-state index >= 15 is 0 Å². The van der Waals surface area contributed by atoms with E-state index in [1.807, 2.05) is 6.92 Å². The highest BCUT2D eigenvalue weighted by Crippen LogP contribution is 2.10. The standard InChI is InChI=1S/C10H11N3O/c1-7-8(3-2-5-11-7)10(14)9-4-6-12-13-9/h2-3,5-6,9,13H,4H2,1H3/t9-/m0/s1. The summed E-state index contributed by atoms with van der Waals surface area (Å²) in [6, 6.07) is 3.36. The maximum Gasteiger partial charge on any atom is 0.188 e. The smallest absolute Gasteiger partial charge is 0.188 e. The number of aryl methyl sites for hydroxylation is 1. The summed E-state index contributed by atoms with van der Waals surface area (Å²) in [7, 11) is 0. The van der Waals surface area contributed by atoms with Crippen LogP contribution in [0.3, 0.4) is 0 Å². The van der Waals surface area contributed by atoms with Crippen molar-refractivity contribution in [2.24, 2.45) is 5.10 Å². The molecule has 0 fully saturated rings. The number of nitrogens with one attached hydrogen (secondary N) is 1. The van der Waals surface area contributed by atoms with Gasteiger partial charge in [0.2, 0.25) is 0 Å². The molecular formula is C10H11N3O. The summed E-state index contributed by atoms with van der Waals surface area (Å²) in [4.78, 5) is 16.0. The van der Waals surface area contributed by atoms with Crippen LogP contribution in [0, 0.1) is 6.92 Å². The highest BCUT2D eigenvalue weighted by Gasteiger charge is 2.22. The lowest BCUT2D eigenvalue weighted by atomic mass is 10.0. The molecule has 1 aromatic rings. The van der Waals surface area contributed by atoms with Gasteiger partial charge in [-0.15, -0.1) is 0 Å². The molecule has 0 radical (unpaired) electrons. The van der Waals surface area contributed by atoms with Crippen molar-refractivity contribution in [1.29, 1.82) is 0 Å². The maximum absolute atomic E-state index is 11.9. The fraction of sp³-hybridized carbons (Fsp3) is 0.300. The van der Waals surface area contributed by atoms with Crippen LogP contribution in [0.4, 0.5) is 0 Å². The topological polar surface area (TPSA) is 54.4 Å². The fourth-order valence-electron chi connectivity index (χ4n) is 1.45. The molecule has 0 saturated heterocycles. The molecule has 1 atom stereocenters. The number of nitrogens with zero attached hydrogens (tertiary/aromatic N) is 2. The van der Waals surface area contributed by atoms with Crippen molar-refractivity contribution < 1.29 is 4.79 Å². The van der Waals surface area contributed by atoms with E-state index in [0.29, 0.717) is 12.0 Å². The second kappa shape index (κ2) is 3.57. The molecule has 2 rings (SSSR count). The van der Waals surface area contributed by atoms with E-state index in [1.165, 1.54) is 0 Å². The zero-order valence-electron chi connectivity index (χ0n) is 7.90. The Labute approximate surface area is 82.0 Å². The van der Waals surface area contributed by atoms with Crippen LogP contribution in [0.2, 0.25) is 0 Å². The lowest BCUT2D eigenvalue weighted by molar-refractivity contribution is 0.0950. The predicted octanol–water partition coefficient (Wildman–Crippen LogP) is 0.920. The third-order valence-electron chi connectivity index (χ3n) is 2.25. The van der Waals surface area contributed by atoms with Gasteiger partial charge in [0.15, 0.2) is 5.78 Å². The number of Topliss-reactive ketones (excluding diaryl/α,β-unsaturated/α-hetero) is 1. The highest BCUT2D eigenvalue weighted by atomic mass is 16.1. The largest absolute Gasteiger partial charge is 0.299 e. The SMILES string of the molecule is Cc1ncccc1C(=O)[C@@H]1CC=NN1. The zero-order valence-corrected chi connectivity index (χ0v) is 7.90. The van der Waals surface area contributed by atoms with Crippen molar-refractivity contribution in [3.8, 4) is 0 Å². The Kier molecular flexibility index (Phi) is 2.26. The number of pyridine rings is 1. The highest BCUT2D eigenvalue weighted by molar-refractivity contribution is 6.02. The summed E-state index contributed by atoms with van der Waals surface area (Å²) in [5.74, 6) is 0.0631. The van der Waals surface area contributed by atoms with Crippen LogP contribution < -0.4 is 5.43 Å². The zero-order chi connectivity index (χ0) is 9.97. The van der Waals surface area contributed by atoms with Crippen LogP contribution >= 0.6 is 0 Å². The van der Waals surface area contributed by atoms with Crippen LogP contribution in [0.25, 0.3) is 0 Å². The van der Waals surface area contributed by atoms with Gasteiger partial charge in [-0.2, -0.15) is 5.10 Å². The maximum atomic E-state index is 11.9. The average Bonchev–Trinajstić information content (AvgIpc) is 2.70. The lowest BCUT2D eigenvalue weighted by Gasteiger charge is -2.09. The van der Waals surface area contributed by atoms with Gasteiger partial charge in [0.05, 0.1) is 0 Å². The number of hydrogen-bond acceptors (Lipinski definition) is 4. The Hall–Kier alpha value is -1.71. The van der Waals surface area contributed by atoms with Crippen LogP contribution in [-0.2, 0) is 0 Å². The number of hydrazone groups is 1. The van der Waals surface area contributed by atoms with Crippen molar-refractivity contribution in [1.82, 2.24) is 10.4 Å². The monoisotopic (exact) mass is 189 g/mol. The number of hydrogen-bond donors (Lipinski definition) is 1. The van der Waals surface area contributed by atoms with Gasteiger partial charge in [-0.25, -0.2) is 0 Å². The molecule has 0 unspecified atom stereocenters. The number of rotatable bonds is 2. The van der Waals surface area contributed by atoms with Gasteiger partial charge in [0, 0.05) is 30.1 Å². The first kappa shape index (κ1) is 8.87. The normalized spacial score (nSPS) is 19.4. The quantitative estimate of drug-likeness (QED) is 0.704. The van der Waals surface area contributed by atoms with Crippen molar-refractivity contribution in [2.45, 2.75) is 19.4 Å². The Bertz CT molecular complexity index is 379. The van der Waals surface area contributed by atoms with E-state index in [-0.39, 0.29) is 11.8 Å². The van der Waals surface area contributed by atoms with Gasteiger partial charge in [0.1, 0.15) is 6.04 Å². The Morgan fingerprint density at radius 1 is 1.64 bits per heavy atom. The van der Waals surface area contributed by atoms with Crippen molar-refractivity contribution in [3.05, 3.63) is 29.6 Å². The van der Waals surface area contributed by atoms with Crippen LogP contribution in [0.15, 0.2) is 23.4 Å². The first-order chi connectivity index (χ1) is 6.79. The molecule has 0 amide bonds. The first-order valence-corrected chi connectivity index (χ1v) is 4.52. The van der Waals surface area contributed by atoms with E-state index in [9.17, 15) is 4.79 Å². The van der Waals surface area contributed by atoms with Gasteiger partial charge in [-0.3, -0.25) is 15.2 Å². The summed E-state index contributed by atoms with van der Waals surface area (Å²) in [5.41, 5.74) is 4.22. The molecule has 1 N–H and O–H groups in total. The van der Waals surface area contributed by atoms with Crippen LogP contribution in [-0.4, -0.2) is 23.0 Å². The molecule has 0 spiro atoms. The summed E-state index contributed by atoms with van der Waals surface area (Å²) < 4.78 is 0. The van der Waals surface area contributed by atoms with E-state index in [4.69, 9.17) is 0 Å². The van der Waals surface area contributed by atoms with E-state index < -0.39 is 0 Å². The van der Waals surface area contributed by atoms with Gasteiger partial charge in [-0.05, 0) is 19.1 Å². The molecule has 2 heterocycles. The van der Waals surface area contributed by atoms with Crippen LogP contribution in [0.5, 0.6) is 0 Å². The van der Waals surface area contributed by atoms with Gasteiger partial charge < -0.3 is 0 Å². The molecule has 72 valence electrons. The molecular weight excluding hydrogens is 178 g/mol. The first-order valence-electron chi connectivity index (χ1n) is 4.52. The molecule has 4 nitrogen and oxygen atoms in total. The molecule has 0 aromatic carbocycles. The number of carbonyl (C=O) groups excluding carboxylic acids is 1. The Morgan fingerprint density at radius 3 is 3.14 bits per heavy atom. The van der Waals surface area contributed by atoms with E-state index in [1.54, 1.807) is 24.5 Å². The fourth-order valence-corrected chi connectivity index (χ4v) is 1.45. The van der Waals surface area contributed by atoms with Gasteiger partial charge >= 0.3 is 0 Å². The minimum Gasteiger partial charge on any atom is -0.299 e. The molecule has 0 aliphatic carbocycles. The second-order valence-corrected chi connectivity index (χ2v) is 3.23. The minimum atomic E-state index is -0.210. The number of carbonyl (C=O) groups is 1. The summed E-state index contributed by atoms with van der Waals surface area (Å²) in [5, 5.41) is 3.82. The molecule has 0 saturated carbocycles. The third-order valence-corrected chi connectivity index (χ3v) is 2.25. The number of aromatic nitrogens is 1.